The van der Waals surface area contributed by atoms with Crippen molar-refractivity contribution in [2.75, 3.05) is 13.2 Å². The molecule has 1 saturated heterocycles. The van der Waals surface area contributed by atoms with Gasteiger partial charge in [-0.25, -0.2) is 10.2 Å². The predicted molar refractivity (Wildman–Crippen MR) is 61.4 cm³/mol. The van der Waals surface area contributed by atoms with E-state index in [1.807, 2.05) is 27.7 Å². The predicted octanol–water partition coefficient (Wildman–Crippen LogP) is 1.92. The summed E-state index contributed by atoms with van der Waals surface area (Å²) in [4.78, 5) is 11.3. The van der Waals surface area contributed by atoms with Gasteiger partial charge in [0.1, 0.15) is 5.60 Å². The van der Waals surface area contributed by atoms with Crippen LogP contribution in [0, 0.1) is 5.92 Å². The molecule has 0 aromatic rings. The number of hydrazone groups is 1. The molecule has 1 fully saturated rings. The van der Waals surface area contributed by atoms with Gasteiger partial charge < -0.3 is 9.47 Å². The fourth-order valence-corrected chi connectivity index (χ4v) is 1.39. The van der Waals surface area contributed by atoms with Crippen LogP contribution in [0.5, 0.6) is 0 Å². The maximum absolute atomic E-state index is 11.3. The third-order valence-corrected chi connectivity index (χ3v) is 2.24. The van der Waals surface area contributed by atoms with Gasteiger partial charge in [-0.15, -0.1) is 0 Å². The Kier molecular flexibility index (Phi) is 4.29. The third-order valence-electron chi connectivity index (χ3n) is 2.24. The van der Waals surface area contributed by atoms with E-state index < -0.39 is 11.7 Å². The number of hydrogen-bond donors (Lipinski definition) is 1. The molecule has 0 radical (unpaired) electrons. The zero-order valence-corrected chi connectivity index (χ0v) is 10.4. The highest BCUT2D eigenvalue weighted by Gasteiger charge is 2.19. The zero-order valence-electron chi connectivity index (χ0n) is 10.4. The van der Waals surface area contributed by atoms with Crippen LogP contribution in [0.1, 0.15) is 34.1 Å². The number of amides is 1. The van der Waals surface area contributed by atoms with Crippen LogP contribution < -0.4 is 5.43 Å². The molecule has 1 heterocycles. The summed E-state index contributed by atoms with van der Waals surface area (Å²) >= 11 is 0. The lowest BCUT2D eigenvalue weighted by Gasteiger charge is -2.18. The number of rotatable bonds is 2. The average Bonchev–Trinajstić information content (AvgIpc) is 2.64. The third kappa shape index (κ3) is 4.61. The van der Waals surface area contributed by atoms with E-state index in [1.54, 1.807) is 0 Å². The summed E-state index contributed by atoms with van der Waals surface area (Å²) in [7, 11) is 0. The summed E-state index contributed by atoms with van der Waals surface area (Å²) in [5.74, 6) is 0.315. The molecule has 5 heteroatoms. The Morgan fingerprint density at radius 1 is 1.50 bits per heavy atom. The molecule has 92 valence electrons. The Morgan fingerprint density at radius 2 is 2.19 bits per heavy atom. The van der Waals surface area contributed by atoms with Gasteiger partial charge in [-0.05, 0) is 34.1 Å². The molecule has 16 heavy (non-hydrogen) atoms. The molecule has 0 aromatic carbocycles. The SMILES string of the molecule is CC(=NNC(=O)OC(C)(C)C)C1CCOC1. The fourth-order valence-electron chi connectivity index (χ4n) is 1.39. The first-order valence-corrected chi connectivity index (χ1v) is 5.49. The molecular formula is C11H20N2O3. The summed E-state index contributed by atoms with van der Waals surface area (Å²) < 4.78 is 10.3. The molecule has 0 aliphatic carbocycles. The van der Waals surface area contributed by atoms with E-state index in [0.717, 1.165) is 18.7 Å². The minimum Gasteiger partial charge on any atom is -0.443 e. The molecule has 1 aliphatic heterocycles. The van der Waals surface area contributed by atoms with Gasteiger partial charge >= 0.3 is 6.09 Å². The molecule has 1 amide bonds. The second kappa shape index (κ2) is 5.30. The number of carbonyl (C=O) groups excluding carboxylic acids is 1. The normalized spacial score (nSPS) is 22.0. The van der Waals surface area contributed by atoms with Crippen molar-refractivity contribution in [3.8, 4) is 0 Å². The van der Waals surface area contributed by atoms with E-state index >= 15 is 0 Å². The van der Waals surface area contributed by atoms with Crippen molar-refractivity contribution in [1.82, 2.24) is 5.43 Å². The van der Waals surface area contributed by atoms with Crippen LogP contribution in [0.15, 0.2) is 5.10 Å². The van der Waals surface area contributed by atoms with Gasteiger partial charge in [0.05, 0.1) is 6.61 Å². The van der Waals surface area contributed by atoms with E-state index in [2.05, 4.69) is 10.5 Å². The highest BCUT2D eigenvalue weighted by Crippen LogP contribution is 2.13. The molecule has 5 nitrogen and oxygen atoms in total. The Labute approximate surface area is 96.2 Å². The maximum atomic E-state index is 11.3. The van der Waals surface area contributed by atoms with E-state index in [1.165, 1.54) is 0 Å². The van der Waals surface area contributed by atoms with Crippen LogP contribution in [0.3, 0.4) is 0 Å². The molecule has 0 bridgehead atoms. The van der Waals surface area contributed by atoms with Crippen LogP contribution in [-0.4, -0.2) is 30.6 Å². The van der Waals surface area contributed by atoms with Gasteiger partial charge in [-0.1, -0.05) is 0 Å². The summed E-state index contributed by atoms with van der Waals surface area (Å²) in [6.45, 7) is 8.78. The van der Waals surface area contributed by atoms with Crippen LogP contribution in [0.2, 0.25) is 0 Å². The van der Waals surface area contributed by atoms with Crippen molar-refractivity contribution < 1.29 is 14.3 Å². The Hall–Kier alpha value is -1.10. The molecule has 1 atom stereocenters. The van der Waals surface area contributed by atoms with Crippen molar-refractivity contribution in [3.63, 3.8) is 0 Å². The number of ether oxygens (including phenoxy) is 2. The molecular weight excluding hydrogens is 208 g/mol. The maximum Gasteiger partial charge on any atom is 0.428 e. The van der Waals surface area contributed by atoms with Gasteiger partial charge in [-0.3, -0.25) is 0 Å². The smallest absolute Gasteiger partial charge is 0.428 e. The lowest BCUT2D eigenvalue weighted by Crippen LogP contribution is -2.30. The zero-order chi connectivity index (χ0) is 12.2. The molecule has 1 N–H and O–H groups in total. The van der Waals surface area contributed by atoms with Crippen LogP contribution in [-0.2, 0) is 9.47 Å². The quantitative estimate of drug-likeness (QED) is 0.580. The van der Waals surface area contributed by atoms with Gasteiger partial charge in [0.2, 0.25) is 0 Å². The minimum absolute atomic E-state index is 0.315. The number of carbonyl (C=O) groups is 1. The van der Waals surface area contributed by atoms with Crippen molar-refractivity contribution in [2.45, 2.75) is 39.7 Å². The van der Waals surface area contributed by atoms with Gasteiger partial charge in [0.25, 0.3) is 0 Å². The van der Waals surface area contributed by atoms with E-state index in [9.17, 15) is 4.79 Å². The first kappa shape index (κ1) is 13.0. The van der Waals surface area contributed by atoms with E-state index in [-0.39, 0.29) is 0 Å². The Balaban J connectivity index is 2.37. The highest BCUT2D eigenvalue weighted by molar-refractivity contribution is 5.85. The Morgan fingerprint density at radius 3 is 2.69 bits per heavy atom. The van der Waals surface area contributed by atoms with Crippen molar-refractivity contribution in [1.29, 1.82) is 0 Å². The molecule has 1 unspecified atom stereocenters. The van der Waals surface area contributed by atoms with Crippen LogP contribution in [0.4, 0.5) is 4.79 Å². The first-order valence-electron chi connectivity index (χ1n) is 5.49. The van der Waals surface area contributed by atoms with Gasteiger partial charge in [-0.2, -0.15) is 5.10 Å². The van der Waals surface area contributed by atoms with Crippen molar-refractivity contribution in [2.24, 2.45) is 11.0 Å². The van der Waals surface area contributed by atoms with Crippen LogP contribution in [0.25, 0.3) is 0 Å². The Bertz CT molecular complexity index is 275. The number of nitrogens with one attached hydrogen (secondary N) is 1. The summed E-state index contributed by atoms with van der Waals surface area (Å²) in [5, 5.41) is 4.00. The second-order valence-electron chi connectivity index (χ2n) is 4.93. The summed E-state index contributed by atoms with van der Waals surface area (Å²) in [6.07, 6.45) is 0.441. The minimum atomic E-state index is -0.522. The molecule has 0 aromatic heterocycles. The second-order valence-corrected chi connectivity index (χ2v) is 4.93. The van der Waals surface area contributed by atoms with E-state index in [0.29, 0.717) is 12.5 Å². The highest BCUT2D eigenvalue weighted by atomic mass is 16.6. The average molecular weight is 228 g/mol. The lowest BCUT2D eigenvalue weighted by atomic mass is 10.0. The van der Waals surface area contributed by atoms with E-state index in [4.69, 9.17) is 9.47 Å². The monoisotopic (exact) mass is 228 g/mol. The summed E-state index contributed by atoms with van der Waals surface area (Å²) in [5.41, 5.74) is 2.77. The molecule has 0 saturated carbocycles. The fraction of sp³-hybridized carbons (Fsp3) is 0.818. The molecule has 1 rings (SSSR count). The molecule has 1 aliphatic rings. The largest absolute Gasteiger partial charge is 0.443 e. The first-order chi connectivity index (χ1) is 7.38. The van der Waals surface area contributed by atoms with Gasteiger partial charge in [0, 0.05) is 18.2 Å². The molecule has 0 spiro atoms. The number of hydrogen-bond acceptors (Lipinski definition) is 4. The lowest BCUT2D eigenvalue weighted by molar-refractivity contribution is 0.0529. The topological polar surface area (TPSA) is 59.9 Å². The standard InChI is InChI=1S/C11H20N2O3/c1-8(9-5-6-15-7-9)12-13-10(14)16-11(2,3)4/h9H,5-7H2,1-4H3,(H,13,14). The van der Waals surface area contributed by atoms with Gasteiger partial charge in [0.15, 0.2) is 0 Å². The van der Waals surface area contributed by atoms with Crippen LogP contribution >= 0.6 is 0 Å². The summed E-state index contributed by atoms with van der Waals surface area (Å²) in [6, 6.07) is 0. The van der Waals surface area contributed by atoms with Crippen molar-refractivity contribution in [3.05, 3.63) is 0 Å². The van der Waals surface area contributed by atoms with Crippen molar-refractivity contribution >= 4 is 11.8 Å². The number of nitrogens with zero attached hydrogens (tertiary/aromatic N) is 1.